The second-order valence-corrected chi connectivity index (χ2v) is 4.78. The van der Waals surface area contributed by atoms with E-state index in [1.165, 1.54) is 5.56 Å². The predicted octanol–water partition coefficient (Wildman–Crippen LogP) is 2.36. The molecule has 1 aromatic heterocycles. The fourth-order valence-corrected chi connectivity index (χ4v) is 2.49. The molecular weight excluding hydrogens is 252 g/mol. The van der Waals surface area contributed by atoms with Crippen molar-refractivity contribution in [1.82, 2.24) is 10.3 Å². The number of para-hydroxylation sites is 1. The maximum atomic E-state index is 5.79. The molecule has 1 aromatic carbocycles. The molecule has 0 saturated carbocycles. The summed E-state index contributed by atoms with van der Waals surface area (Å²) < 4.78 is 11.4. The molecule has 20 heavy (non-hydrogen) atoms. The highest BCUT2D eigenvalue weighted by molar-refractivity contribution is 5.49. The van der Waals surface area contributed by atoms with Crippen molar-refractivity contribution in [1.29, 1.82) is 0 Å². The Labute approximate surface area is 118 Å². The van der Waals surface area contributed by atoms with E-state index in [-0.39, 0.29) is 6.04 Å². The van der Waals surface area contributed by atoms with Gasteiger partial charge < -0.3 is 14.8 Å². The van der Waals surface area contributed by atoms with Crippen LogP contribution in [-0.2, 0) is 6.42 Å². The minimum Gasteiger partial charge on any atom is -0.486 e. The normalized spacial score (nSPS) is 14.8. The number of aromatic nitrogens is 1. The van der Waals surface area contributed by atoms with Crippen molar-refractivity contribution in [3.8, 4) is 11.5 Å². The molecule has 3 rings (SSSR count). The number of likely N-dealkylation sites (N-methyl/N-ethyl adjacent to an activating group) is 1. The van der Waals surface area contributed by atoms with Gasteiger partial charge >= 0.3 is 0 Å². The number of nitrogens with zero attached hydrogens (tertiary/aromatic N) is 1. The van der Waals surface area contributed by atoms with E-state index in [0.717, 1.165) is 23.5 Å². The van der Waals surface area contributed by atoms with Crippen LogP contribution in [0.25, 0.3) is 0 Å². The molecule has 0 bridgehead atoms. The summed E-state index contributed by atoms with van der Waals surface area (Å²) in [6, 6.07) is 10.3. The minimum absolute atomic E-state index is 0.177. The standard InChI is InChI=1S/C16H18N2O2/c1-17-14(10-12-4-3-7-18-11-12)13-5-2-6-15-16(13)20-9-8-19-15/h2-7,11,14,17H,8-10H2,1H3. The summed E-state index contributed by atoms with van der Waals surface area (Å²) in [5.41, 5.74) is 2.33. The van der Waals surface area contributed by atoms with E-state index in [0.29, 0.717) is 13.2 Å². The zero-order chi connectivity index (χ0) is 13.8. The molecule has 1 aliphatic heterocycles. The van der Waals surface area contributed by atoms with Crippen LogP contribution in [-0.4, -0.2) is 25.2 Å². The monoisotopic (exact) mass is 270 g/mol. The molecule has 0 saturated heterocycles. The highest BCUT2D eigenvalue weighted by Gasteiger charge is 2.21. The zero-order valence-electron chi connectivity index (χ0n) is 11.5. The lowest BCUT2D eigenvalue weighted by Gasteiger charge is -2.25. The lowest BCUT2D eigenvalue weighted by Crippen LogP contribution is -2.23. The number of hydrogen-bond donors (Lipinski definition) is 1. The first-order valence-electron chi connectivity index (χ1n) is 6.83. The van der Waals surface area contributed by atoms with Crippen LogP contribution in [0.4, 0.5) is 0 Å². The minimum atomic E-state index is 0.177. The molecule has 4 heteroatoms. The van der Waals surface area contributed by atoms with Crippen molar-refractivity contribution in [2.75, 3.05) is 20.3 Å². The van der Waals surface area contributed by atoms with Crippen molar-refractivity contribution >= 4 is 0 Å². The molecule has 1 atom stereocenters. The van der Waals surface area contributed by atoms with Gasteiger partial charge in [-0.05, 0) is 31.2 Å². The summed E-state index contributed by atoms with van der Waals surface area (Å²) in [5, 5.41) is 3.35. The van der Waals surface area contributed by atoms with Crippen LogP contribution >= 0.6 is 0 Å². The van der Waals surface area contributed by atoms with Crippen molar-refractivity contribution in [2.45, 2.75) is 12.5 Å². The van der Waals surface area contributed by atoms with Gasteiger partial charge in [0.2, 0.25) is 0 Å². The van der Waals surface area contributed by atoms with E-state index in [1.807, 2.05) is 31.4 Å². The van der Waals surface area contributed by atoms with Gasteiger partial charge in [0.05, 0.1) is 0 Å². The molecule has 104 valence electrons. The first kappa shape index (κ1) is 12.9. The number of pyridine rings is 1. The lowest BCUT2D eigenvalue weighted by atomic mass is 9.98. The van der Waals surface area contributed by atoms with Crippen LogP contribution in [0.5, 0.6) is 11.5 Å². The molecule has 0 amide bonds. The Hall–Kier alpha value is -2.07. The molecule has 1 N–H and O–H groups in total. The molecule has 2 aromatic rings. The number of benzene rings is 1. The number of nitrogens with one attached hydrogen (secondary N) is 1. The summed E-state index contributed by atoms with van der Waals surface area (Å²) >= 11 is 0. The molecule has 1 aliphatic rings. The van der Waals surface area contributed by atoms with E-state index in [1.54, 1.807) is 6.20 Å². The summed E-state index contributed by atoms with van der Waals surface area (Å²) in [4.78, 5) is 4.17. The molecular formula is C16H18N2O2. The third-order valence-corrected chi connectivity index (χ3v) is 3.48. The van der Waals surface area contributed by atoms with Gasteiger partial charge in [-0.2, -0.15) is 0 Å². The van der Waals surface area contributed by atoms with Gasteiger partial charge in [-0.1, -0.05) is 18.2 Å². The number of ether oxygens (including phenoxy) is 2. The molecule has 0 fully saturated rings. The number of fused-ring (bicyclic) bond motifs is 1. The van der Waals surface area contributed by atoms with Crippen LogP contribution < -0.4 is 14.8 Å². The Bertz CT molecular complexity index is 572. The molecule has 0 spiro atoms. The lowest BCUT2D eigenvalue weighted by molar-refractivity contribution is 0.168. The van der Waals surface area contributed by atoms with Crippen molar-refractivity contribution < 1.29 is 9.47 Å². The molecule has 4 nitrogen and oxygen atoms in total. The smallest absolute Gasteiger partial charge is 0.166 e. The summed E-state index contributed by atoms with van der Waals surface area (Å²) in [7, 11) is 1.96. The topological polar surface area (TPSA) is 43.4 Å². The Morgan fingerprint density at radius 3 is 2.90 bits per heavy atom. The van der Waals surface area contributed by atoms with Gasteiger partial charge in [-0.3, -0.25) is 4.98 Å². The Balaban J connectivity index is 1.90. The summed E-state index contributed by atoms with van der Waals surface area (Å²) in [6.45, 7) is 1.22. The fraction of sp³-hybridized carbons (Fsp3) is 0.312. The average Bonchev–Trinajstić information content (AvgIpc) is 2.53. The Morgan fingerprint density at radius 1 is 1.20 bits per heavy atom. The van der Waals surface area contributed by atoms with Crippen molar-refractivity contribution in [3.05, 3.63) is 53.9 Å². The molecule has 1 unspecified atom stereocenters. The van der Waals surface area contributed by atoms with Crippen LogP contribution in [0.15, 0.2) is 42.7 Å². The quantitative estimate of drug-likeness (QED) is 0.926. The first-order valence-corrected chi connectivity index (χ1v) is 6.83. The second kappa shape index (κ2) is 5.92. The Morgan fingerprint density at radius 2 is 2.10 bits per heavy atom. The Kier molecular flexibility index (Phi) is 3.83. The maximum Gasteiger partial charge on any atom is 0.166 e. The van der Waals surface area contributed by atoms with Gasteiger partial charge in [0.1, 0.15) is 13.2 Å². The summed E-state index contributed by atoms with van der Waals surface area (Å²) in [5.74, 6) is 1.70. The van der Waals surface area contributed by atoms with E-state index in [9.17, 15) is 0 Å². The maximum absolute atomic E-state index is 5.79. The van der Waals surface area contributed by atoms with E-state index in [2.05, 4.69) is 22.4 Å². The van der Waals surface area contributed by atoms with E-state index < -0.39 is 0 Å². The van der Waals surface area contributed by atoms with E-state index in [4.69, 9.17) is 9.47 Å². The van der Waals surface area contributed by atoms with Crippen LogP contribution in [0.1, 0.15) is 17.2 Å². The van der Waals surface area contributed by atoms with Gasteiger partial charge in [0, 0.05) is 24.0 Å². The third kappa shape index (κ3) is 2.60. The first-order chi connectivity index (χ1) is 9.88. The van der Waals surface area contributed by atoms with Crippen molar-refractivity contribution in [2.24, 2.45) is 0 Å². The SMILES string of the molecule is CNC(Cc1cccnc1)c1cccc2c1OCCO2. The molecule has 2 heterocycles. The van der Waals surface area contributed by atoms with Gasteiger partial charge in [0.25, 0.3) is 0 Å². The molecule has 0 aliphatic carbocycles. The average molecular weight is 270 g/mol. The zero-order valence-corrected chi connectivity index (χ0v) is 11.5. The predicted molar refractivity (Wildman–Crippen MR) is 77.2 cm³/mol. The van der Waals surface area contributed by atoms with Gasteiger partial charge in [0.15, 0.2) is 11.5 Å². The largest absolute Gasteiger partial charge is 0.486 e. The summed E-state index contributed by atoms with van der Waals surface area (Å²) in [6.07, 6.45) is 4.56. The van der Waals surface area contributed by atoms with Crippen LogP contribution in [0.2, 0.25) is 0 Å². The van der Waals surface area contributed by atoms with Crippen LogP contribution in [0, 0.1) is 0 Å². The highest BCUT2D eigenvalue weighted by atomic mass is 16.6. The van der Waals surface area contributed by atoms with E-state index >= 15 is 0 Å². The van der Waals surface area contributed by atoms with Crippen LogP contribution in [0.3, 0.4) is 0 Å². The van der Waals surface area contributed by atoms with Gasteiger partial charge in [-0.25, -0.2) is 0 Å². The third-order valence-electron chi connectivity index (χ3n) is 3.48. The fourth-order valence-electron chi connectivity index (χ4n) is 2.49. The van der Waals surface area contributed by atoms with Gasteiger partial charge in [-0.15, -0.1) is 0 Å². The number of rotatable bonds is 4. The molecule has 0 radical (unpaired) electrons. The number of hydrogen-bond acceptors (Lipinski definition) is 4. The highest BCUT2D eigenvalue weighted by Crippen LogP contribution is 2.37. The second-order valence-electron chi connectivity index (χ2n) is 4.78. The van der Waals surface area contributed by atoms with Crippen molar-refractivity contribution in [3.63, 3.8) is 0 Å².